The standard InChI is InChI=1S/C20H24N4O3/c1-22-19(20(25)24-14-7-10-26-11-8-14)17-12-16(5-6-18(17)21)27-13-15-4-2-3-9-23-15/h2-6,9,12,14H,7-8,10-11,13,21H2,1H3,(H,24,25). The molecule has 1 aromatic heterocycles. The van der Waals surface area contributed by atoms with Gasteiger partial charge >= 0.3 is 0 Å². The summed E-state index contributed by atoms with van der Waals surface area (Å²) in [7, 11) is 1.58. The summed E-state index contributed by atoms with van der Waals surface area (Å²) >= 11 is 0. The van der Waals surface area contributed by atoms with Gasteiger partial charge in [0.1, 0.15) is 18.1 Å². The van der Waals surface area contributed by atoms with E-state index in [0.717, 1.165) is 18.5 Å². The molecule has 142 valence electrons. The van der Waals surface area contributed by atoms with Crippen molar-refractivity contribution < 1.29 is 14.3 Å². The largest absolute Gasteiger partial charge is 0.487 e. The second kappa shape index (κ2) is 9.14. The van der Waals surface area contributed by atoms with Crippen LogP contribution in [0.5, 0.6) is 5.75 Å². The molecule has 7 nitrogen and oxygen atoms in total. The lowest BCUT2D eigenvalue weighted by Crippen LogP contribution is -2.42. The van der Waals surface area contributed by atoms with Crippen LogP contribution >= 0.6 is 0 Å². The molecule has 0 bridgehead atoms. The summed E-state index contributed by atoms with van der Waals surface area (Å²) in [5, 5.41) is 3.02. The second-order valence-electron chi connectivity index (χ2n) is 6.29. The first-order chi connectivity index (χ1) is 13.2. The smallest absolute Gasteiger partial charge is 0.270 e. The lowest BCUT2D eigenvalue weighted by molar-refractivity contribution is -0.116. The Morgan fingerprint density at radius 1 is 1.33 bits per heavy atom. The van der Waals surface area contributed by atoms with E-state index in [9.17, 15) is 4.79 Å². The van der Waals surface area contributed by atoms with Crippen LogP contribution in [0.15, 0.2) is 47.6 Å². The molecule has 27 heavy (non-hydrogen) atoms. The van der Waals surface area contributed by atoms with Crippen LogP contribution < -0.4 is 15.8 Å². The zero-order valence-electron chi connectivity index (χ0n) is 15.4. The number of anilines is 1. The Hall–Kier alpha value is -2.93. The Balaban J connectivity index is 1.72. The molecule has 0 unspecified atom stereocenters. The maximum absolute atomic E-state index is 12.7. The number of nitrogens with one attached hydrogen (secondary N) is 1. The predicted molar refractivity (Wildman–Crippen MR) is 104 cm³/mol. The third-order valence-corrected chi connectivity index (χ3v) is 4.39. The van der Waals surface area contributed by atoms with Crippen molar-refractivity contribution in [2.75, 3.05) is 26.0 Å². The lowest BCUT2D eigenvalue weighted by Gasteiger charge is -2.23. The molecule has 0 aliphatic carbocycles. The Kier molecular flexibility index (Phi) is 6.38. The Labute approximate surface area is 158 Å². The van der Waals surface area contributed by atoms with Crippen molar-refractivity contribution in [2.24, 2.45) is 4.99 Å². The number of nitrogens with zero attached hydrogens (tertiary/aromatic N) is 2. The maximum atomic E-state index is 12.7. The normalized spacial score (nSPS) is 15.4. The number of hydrogen-bond acceptors (Lipinski definition) is 6. The molecule has 1 amide bonds. The first kappa shape index (κ1) is 18.8. The van der Waals surface area contributed by atoms with Crippen LogP contribution in [-0.2, 0) is 16.1 Å². The summed E-state index contributed by atoms with van der Waals surface area (Å²) in [6.45, 7) is 1.64. The maximum Gasteiger partial charge on any atom is 0.270 e. The molecular formula is C20H24N4O3. The van der Waals surface area contributed by atoms with Gasteiger partial charge in [-0.1, -0.05) is 6.07 Å². The van der Waals surface area contributed by atoms with E-state index in [2.05, 4.69) is 15.3 Å². The molecular weight excluding hydrogens is 344 g/mol. The average molecular weight is 368 g/mol. The number of hydrogen-bond donors (Lipinski definition) is 2. The zero-order valence-corrected chi connectivity index (χ0v) is 15.4. The van der Waals surface area contributed by atoms with Crippen LogP contribution in [0.4, 0.5) is 5.69 Å². The molecule has 0 atom stereocenters. The van der Waals surface area contributed by atoms with E-state index in [1.54, 1.807) is 31.4 Å². The number of nitrogens with two attached hydrogens (primary N) is 1. The van der Waals surface area contributed by atoms with E-state index in [4.69, 9.17) is 15.2 Å². The number of carbonyl (C=O) groups excluding carboxylic acids is 1. The average Bonchev–Trinajstić information content (AvgIpc) is 2.70. The van der Waals surface area contributed by atoms with Crippen molar-refractivity contribution in [1.29, 1.82) is 0 Å². The summed E-state index contributed by atoms with van der Waals surface area (Å²) in [6.07, 6.45) is 3.31. The fourth-order valence-electron chi connectivity index (χ4n) is 2.91. The summed E-state index contributed by atoms with van der Waals surface area (Å²) in [5.41, 5.74) is 8.24. The van der Waals surface area contributed by atoms with Gasteiger partial charge in [-0.05, 0) is 43.2 Å². The molecule has 2 heterocycles. The van der Waals surface area contributed by atoms with Gasteiger partial charge in [-0.25, -0.2) is 0 Å². The number of rotatable bonds is 6. The van der Waals surface area contributed by atoms with Gasteiger partial charge in [0, 0.05) is 43.8 Å². The summed E-state index contributed by atoms with van der Waals surface area (Å²) in [6, 6.07) is 11.0. The highest BCUT2D eigenvalue weighted by Crippen LogP contribution is 2.22. The lowest BCUT2D eigenvalue weighted by atomic mass is 10.0. The van der Waals surface area contributed by atoms with E-state index in [0.29, 0.717) is 42.5 Å². The van der Waals surface area contributed by atoms with Crippen molar-refractivity contribution in [3.8, 4) is 5.75 Å². The minimum Gasteiger partial charge on any atom is -0.487 e. The quantitative estimate of drug-likeness (QED) is 0.600. The van der Waals surface area contributed by atoms with Crippen LogP contribution in [0.3, 0.4) is 0 Å². The number of amides is 1. The van der Waals surface area contributed by atoms with E-state index < -0.39 is 0 Å². The summed E-state index contributed by atoms with van der Waals surface area (Å²) in [4.78, 5) is 21.1. The summed E-state index contributed by atoms with van der Waals surface area (Å²) < 4.78 is 11.1. The van der Waals surface area contributed by atoms with Gasteiger partial charge in [-0.3, -0.25) is 14.8 Å². The van der Waals surface area contributed by atoms with E-state index in [1.165, 1.54) is 0 Å². The molecule has 3 rings (SSSR count). The number of aliphatic imine (C=N–C) groups is 1. The number of pyridine rings is 1. The number of benzene rings is 1. The van der Waals surface area contributed by atoms with Gasteiger partial charge in [-0.2, -0.15) is 0 Å². The van der Waals surface area contributed by atoms with Crippen LogP contribution in [0.2, 0.25) is 0 Å². The molecule has 0 radical (unpaired) electrons. The molecule has 3 N–H and O–H groups in total. The SMILES string of the molecule is CN=C(C(=O)NC1CCOCC1)c1cc(OCc2ccccn2)ccc1N. The van der Waals surface area contributed by atoms with Gasteiger partial charge in [0.05, 0.1) is 5.69 Å². The molecule has 1 aliphatic heterocycles. The molecule has 0 saturated carbocycles. The molecule has 1 aliphatic rings. The molecule has 7 heteroatoms. The Morgan fingerprint density at radius 3 is 2.85 bits per heavy atom. The topological polar surface area (TPSA) is 98.8 Å². The van der Waals surface area contributed by atoms with Crippen LogP contribution in [-0.4, -0.2) is 42.9 Å². The van der Waals surface area contributed by atoms with Crippen molar-refractivity contribution in [3.63, 3.8) is 0 Å². The highest BCUT2D eigenvalue weighted by atomic mass is 16.5. The van der Waals surface area contributed by atoms with Gasteiger partial charge in [0.2, 0.25) is 0 Å². The third-order valence-electron chi connectivity index (χ3n) is 4.39. The van der Waals surface area contributed by atoms with Crippen molar-refractivity contribution in [2.45, 2.75) is 25.5 Å². The fraction of sp³-hybridized carbons (Fsp3) is 0.350. The first-order valence-corrected chi connectivity index (χ1v) is 8.95. The van der Waals surface area contributed by atoms with Gasteiger partial charge in [0.15, 0.2) is 0 Å². The van der Waals surface area contributed by atoms with Crippen LogP contribution in [0, 0.1) is 0 Å². The van der Waals surface area contributed by atoms with Crippen molar-refractivity contribution in [1.82, 2.24) is 10.3 Å². The molecule has 0 spiro atoms. The molecule has 2 aromatic rings. The highest BCUT2D eigenvalue weighted by Gasteiger charge is 2.21. The van der Waals surface area contributed by atoms with Gasteiger partial charge < -0.3 is 20.5 Å². The highest BCUT2D eigenvalue weighted by molar-refractivity contribution is 6.46. The monoisotopic (exact) mass is 368 g/mol. The van der Waals surface area contributed by atoms with Crippen LogP contribution in [0.25, 0.3) is 0 Å². The van der Waals surface area contributed by atoms with E-state index >= 15 is 0 Å². The van der Waals surface area contributed by atoms with E-state index in [-0.39, 0.29) is 11.9 Å². The zero-order chi connectivity index (χ0) is 19.1. The second-order valence-corrected chi connectivity index (χ2v) is 6.29. The minimum absolute atomic E-state index is 0.0906. The van der Waals surface area contributed by atoms with E-state index in [1.807, 2.05) is 18.2 Å². The molecule has 1 aromatic carbocycles. The van der Waals surface area contributed by atoms with Gasteiger partial charge in [0.25, 0.3) is 5.91 Å². The number of carbonyl (C=O) groups is 1. The van der Waals surface area contributed by atoms with Crippen LogP contribution in [0.1, 0.15) is 24.1 Å². The Morgan fingerprint density at radius 2 is 2.15 bits per heavy atom. The van der Waals surface area contributed by atoms with Crippen molar-refractivity contribution in [3.05, 3.63) is 53.9 Å². The molecule has 1 fully saturated rings. The minimum atomic E-state index is -0.238. The summed E-state index contributed by atoms with van der Waals surface area (Å²) in [5.74, 6) is 0.364. The number of nitrogen functional groups attached to an aromatic ring is 1. The Bertz CT molecular complexity index is 802. The molecule has 1 saturated heterocycles. The third kappa shape index (κ3) is 5.04. The van der Waals surface area contributed by atoms with Crippen molar-refractivity contribution >= 4 is 17.3 Å². The van der Waals surface area contributed by atoms with Gasteiger partial charge in [-0.15, -0.1) is 0 Å². The fourth-order valence-corrected chi connectivity index (χ4v) is 2.91. The number of aromatic nitrogens is 1. The first-order valence-electron chi connectivity index (χ1n) is 8.95. The predicted octanol–water partition coefficient (Wildman–Crippen LogP) is 1.96. The number of ether oxygens (including phenoxy) is 2.